The molecule has 53 heavy (non-hydrogen) atoms. The topological polar surface area (TPSA) is 90.4 Å². The first kappa shape index (κ1) is 34.3. The van der Waals surface area contributed by atoms with Gasteiger partial charge in [0.1, 0.15) is 17.3 Å². The highest BCUT2D eigenvalue weighted by Gasteiger charge is 2.39. The molecule has 1 atom stereocenters. The summed E-state index contributed by atoms with van der Waals surface area (Å²) < 4.78 is 8.57. The first-order valence-electron chi connectivity index (χ1n) is 18.5. The van der Waals surface area contributed by atoms with Gasteiger partial charge in [-0.3, -0.25) is 14.4 Å². The fourth-order valence-electron chi connectivity index (χ4n) is 8.52. The molecule has 1 amide bonds. The van der Waals surface area contributed by atoms with Crippen molar-refractivity contribution in [2.75, 3.05) is 37.6 Å². The highest BCUT2D eigenvalue weighted by atomic mass is 79.9. The average Bonchev–Trinajstić information content (AvgIpc) is 3.66. The van der Waals surface area contributed by atoms with Crippen LogP contribution in [0.25, 0.3) is 20.5 Å². The minimum atomic E-state index is -0.478. The molecule has 270 valence electrons. The van der Waals surface area contributed by atoms with E-state index in [-0.39, 0.29) is 29.6 Å². The molecule has 2 saturated heterocycles. The second kappa shape index (κ2) is 14.0. The Morgan fingerprint density at radius 1 is 0.868 bits per heavy atom. The first-order valence-corrected chi connectivity index (χ1v) is 20.1. The van der Waals surface area contributed by atoms with Crippen LogP contribution >= 0.6 is 27.3 Å². The van der Waals surface area contributed by atoms with E-state index >= 15 is 0 Å². The normalized spacial score (nSPS) is 19.9. The van der Waals surface area contributed by atoms with Gasteiger partial charge in [-0.05, 0) is 103 Å². The van der Waals surface area contributed by atoms with Crippen LogP contribution in [0.1, 0.15) is 59.5 Å². The molecule has 0 spiro atoms. The van der Waals surface area contributed by atoms with E-state index in [9.17, 15) is 19.5 Å². The standard InChI is InChI=1S/C43H40BrN3O5S/c44-31-5-1-28(2-6-31)42-41(37-13-8-34(49)21-40(37)53-42)52-35-10-3-27(4-11-35)30-23-45(24-30)22-26-15-17-46(18-16-26)32-7-12-36-29(19-32)25-47(43(36)51)38-14-9-33(48)20-39(38)50/h1-8,10-13,19,21,26,30,38,49H,9,14-18,20,22-25H2. The van der Waals surface area contributed by atoms with Gasteiger partial charge in [0.15, 0.2) is 11.5 Å². The maximum absolute atomic E-state index is 13.1. The van der Waals surface area contributed by atoms with Crippen LogP contribution in [0.5, 0.6) is 17.2 Å². The Kier molecular flexibility index (Phi) is 9.08. The Balaban J connectivity index is 0.776. The predicted molar refractivity (Wildman–Crippen MR) is 211 cm³/mol. The van der Waals surface area contributed by atoms with E-state index < -0.39 is 6.04 Å². The lowest BCUT2D eigenvalue weighted by atomic mass is 9.88. The highest BCUT2D eigenvalue weighted by Crippen LogP contribution is 2.47. The van der Waals surface area contributed by atoms with Gasteiger partial charge >= 0.3 is 0 Å². The zero-order valence-corrected chi connectivity index (χ0v) is 31.7. The fraction of sp³-hybridized carbons (Fsp3) is 0.326. The lowest BCUT2D eigenvalue weighted by Gasteiger charge is -2.43. The van der Waals surface area contributed by atoms with Crippen molar-refractivity contribution in [2.45, 2.75) is 50.6 Å². The molecule has 1 N–H and O–H groups in total. The van der Waals surface area contributed by atoms with E-state index in [0.29, 0.717) is 36.8 Å². The average molecular weight is 791 g/mol. The SMILES string of the molecule is O=C1CCC(N2Cc3cc(N4CCC(CN5CC(c6ccc(Oc7c(-c8ccc(Br)cc8)sc8cc(O)ccc78)cc6)C5)CC4)ccc3C2=O)C(=O)C1. The number of carbonyl (C=O) groups excluding carboxylic acids is 3. The van der Waals surface area contributed by atoms with Crippen LogP contribution < -0.4 is 9.64 Å². The van der Waals surface area contributed by atoms with Crippen LogP contribution in [0.15, 0.2) is 89.4 Å². The molecule has 3 aliphatic heterocycles. The van der Waals surface area contributed by atoms with Gasteiger partial charge < -0.3 is 24.5 Å². The van der Waals surface area contributed by atoms with Crippen molar-refractivity contribution >= 4 is 60.5 Å². The third-order valence-corrected chi connectivity index (χ3v) is 13.2. The third-order valence-electron chi connectivity index (χ3n) is 11.5. The lowest BCUT2D eigenvalue weighted by molar-refractivity contribution is -0.133. The Morgan fingerprint density at radius 3 is 2.40 bits per heavy atom. The summed E-state index contributed by atoms with van der Waals surface area (Å²) in [6.45, 7) is 5.69. The number of benzene rings is 4. The number of fused-ring (bicyclic) bond motifs is 2. The number of rotatable bonds is 8. The van der Waals surface area contributed by atoms with Crippen molar-refractivity contribution in [2.24, 2.45) is 5.92 Å². The quantitative estimate of drug-likeness (QED) is 0.157. The Morgan fingerprint density at radius 2 is 1.64 bits per heavy atom. The molecule has 4 heterocycles. The van der Waals surface area contributed by atoms with Crippen LogP contribution in [0.4, 0.5) is 5.69 Å². The minimum Gasteiger partial charge on any atom is -0.508 e. The Labute approximate surface area is 321 Å². The summed E-state index contributed by atoms with van der Waals surface area (Å²) in [5, 5.41) is 11.1. The van der Waals surface area contributed by atoms with E-state index in [1.165, 1.54) is 5.56 Å². The molecule has 0 radical (unpaired) electrons. The number of halogens is 1. The molecule has 3 fully saturated rings. The van der Waals surface area contributed by atoms with Gasteiger partial charge in [-0.1, -0.05) is 40.2 Å². The third kappa shape index (κ3) is 6.77. The zero-order chi connectivity index (χ0) is 36.2. The lowest BCUT2D eigenvalue weighted by Crippen LogP contribution is -2.48. The van der Waals surface area contributed by atoms with Crippen LogP contribution in [-0.4, -0.2) is 71.1 Å². The maximum atomic E-state index is 13.1. The van der Waals surface area contributed by atoms with Crippen LogP contribution in [-0.2, 0) is 16.1 Å². The number of hydrogen-bond donors (Lipinski definition) is 1. The molecule has 1 unspecified atom stereocenters. The molecule has 9 rings (SSSR count). The largest absolute Gasteiger partial charge is 0.508 e. The predicted octanol–water partition coefficient (Wildman–Crippen LogP) is 8.79. The summed E-state index contributed by atoms with van der Waals surface area (Å²) in [7, 11) is 0. The zero-order valence-electron chi connectivity index (χ0n) is 29.3. The van der Waals surface area contributed by atoms with Crippen LogP contribution in [0.3, 0.4) is 0 Å². The molecule has 1 aromatic heterocycles. The fourth-order valence-corrected chi connectivity index (χ4v) is 9.95. The molecule has 5 aromatic rings. The smallest absolute Gasteiger partial charge is 0.255 e. The number of amides is 1. The first-order chi connectivity index (χ1) is 25.8. The Bertz CT molecular complexity index is 2220. The molecule has 8 nitrogen and oxygen atoms in total. The van der Waals surface area contributed by atoms with Crippen molar-refractivity contribution in [3.8, 4) is 27.7 Å². The number of hydrogen-bond acceptors (Lipinski definition) is 8. The molecular weight excluding hydrogens is 750 g/mol. The van der Waals surface area contributed by atoms with Crippen molar-refractivity contribution in [3.05, 3.63) is 106 Å². The van der Waals surface area contributed by atoms with Crippen LogP contribution in [0, 0.1) is 5.92 Å². The van der Waals surface area contributed by atoms with E-state index in [1.807, 2.05) is 24.3 Å². The van der Waals surface area contributed by atoms with Crippen molar-refractivity contribution in [3.63, 3.8) is 0 Å². The van der Waals surface area contributed by atoms with Gasteiger partial charge in [-0.2, -0.15) is 0 Å². The summed E-state index contributed by atoms with van der Waals surface area (Å²) in [4.78, 5) is 45.1. The van der Waals surface area contributed by atoms with Gasteiger partial charge in [0.25, 0.3) is 5.91 Å². The monoisotopic (exact) mass is 789 g/mol. The Hall–Kier alpha value is -4.51. The van der Waals surface area contributed by atoms with Crippen LogP contribution in [0.2, 0.25) is 0 Å². The summed E-state index contributed by atoms with van der Waals surface area (Å²) in [6, 6.07) is 27.9. The summed E-state index contributed by atoms with van der Waals surface area (Å²) in [5.74, 6) is 2.80. The number of likely N-dealkylation sites (tertiary alicyclic amines) is 1. The van der Waals surface area contributed by atoms with Gasteiger partial charge in [-0.15, -0.1) is 11.3 Å². The number of thiophene rings is 1. The molecule has 4 aliphatic rings. The minimum absolute atomic E-state index is 0.0217. The number of phenols is 1. The summed E-state index contributed by atoms with van der Waals surface area (Å²) in [5.41, 5.74) is 5.23. The van der Waals surface area contributed by atoms with E-state index in [0.717, 1.165) is 93.3 Å². The number of Topliss-reactive ketones (excluding diaryl/α,β-unsaturated/α-hetero) is 2. The second-order valence-electron chi connectivity index (χ2n) is 15.0. The van der Waals surface area contributed by atoms with Gasteiger partial charge in [-0.25, -0.2) is 0 Å². The number of aromatic hydroxyl groups is 1. The van der Waals surface area contributed by atoms with Gasteiger partial charge in [0.05, 0.1) is 17.3 Å². The van der Waals surface area contributed by atoms with E-state index in [4.69, 9.17) is 4.74 Å². The number of anilines is 1. The number of ketones is 2. The summed E-state index contributed by atoms with van der Waals surface area (Å²) in [6.07, 6.45) is 3.03. The van der Waals surface area contributed by atoms with Crippen molar-refractivity contribution in [1.82, 2.24) is 9.80 Å². The van der Waals surface area contributed by atoms with Gasteiger partial charge in [0, 0.05) is 77.4 Å². The molecule has 10 heteroatoms. The molecule has 4 aromatic carbocycles. The van der Waals surface area contributed by atoms with Crippen molar-refractivity contribution < 1.29 is 24.2 Å². The number of nitrogens with zero attached hydrogens (tertiary/aromatic N) is 3. The van der Waals surface area contributed by atoms with E-state index in [1.54, 1.807) is 28.4 Å². The second-order valence-corrected chi connectivity index (χ2v) is 16.9. The summed E-state index contributed by atoms with van der Waals surface area (Å²) >= 11 is 5.16. The van der Waals surface area contributed by atoms with E-state index in [2.05, 4.69) is 74.3 Å². The number of ether oxygens (including phenoxy) is 1. The van der Waals surface area contributed by atoms with Crippen molar-refractivity contribution in [1.29, 1.82) is 0 Å². The molecule has 1 aliphatic carbocycles. The molecule has 1 saturated carbocycles. The number of phenolic OH excluding ortho intramolecular Hbond substituents is 1. The number of carbonyl (C=O) groups is 3. The van der Waals surface area contributed by atoms with Gasteiger partial charge in [0.2, 0.25) is 0 Å². The number of piperidine rings is 1. The molecular formula is C43H40BrN3O5S. The highest BCUT2D eigenvalue weighted by molar-refractivity contribution is 9.10. The molecule has 0 bridgehead atoms. The maximum Gasteiger partial charge on any atom is 0.255 e.